The first-order valence-electron chi connectivity index (χ1n) is 12.3. The molecule has 152 valence electrons. The molecule has 0 aromatic heterocycles. The molecule has 3 rings (SSSR count). The lowest BCUT2D eigenvalue weighted by molar-refractivity contribution is 0.131. The molecule has 1 aromatic carbocycles. The van der Waals surface area contributed by atoms with Crippen LogP contribution in [0, 0.1) is 23.7 Å². The second kappa shape index (κ2) is 11.3. The Morgan fingerprint density at radius 3 is 1.96 bits per heavy atom. The van der Waals surface area contributed by atoms with Gasteiger partial charge in [0.05, 0.1) is 0 Å². The third-order valence-corrected chi connectivity index (χ3v) is 8.14. The molecule has 2 saturated carbocycles. The van der Waals surface area contributed by atoms with Crippen LogP contribution in [-0.4, -0.2) is 0 Å². The zero-order chi connectivity index (χ0) is 18.9. The summed E-state index contributed by atoms with van der Waals surface area (Å²) >= 11 is 0. The van der Waals surface area contributed by atoms with Crippen LogP contribution in [0.15, 0.2) is 30.3 Å². The van der Waals surface area contributed by atoms with Crippen molar-refractivity contribution in [3.8, 4) is 0 Å². The monoisotopic (exact) mass is 368 g/mol. The van der Waals surface area contributed by atoms with Gasteiger partial charge in [-0.3, -0.25) is 0 Å². The van der Waals surface area contributed by atoms with Crippen molar-refractivity contribution in [3.63, 3.8) is 0 Å². The summed E-state index contributed by atoms with van der Waals surface area (Å²) in [5, 5.41) is 0. The number of hydrogen-bond acceptors (Lipinski definition) is 0. The van der Waals surface area contributed by atoms with Crippen molar-refractivity contribution in [3.05, 3.63) is 35.9 Å². The maximum Gasteiger partial charge on any atom is -0.0162 e. The lowest BCUT2D eigenvalue weighted by Crippen LogP contribution is -2.28. The van der Waals surface area contributed by atoms with Gasteiger partial charge in [0.25, 0.3) is 0 Å². The highest BCUT2D eigenvalue weighted by molar-refractivity contribution is 5.19. The summed E-state index contributed by atoms with van der Waals surface area (Å²) in [5.74, 6) is 4.88. The van der Waals surface area contributed by atoms with Crippen LogP contribution in [0.1, 0.15) is 115 Å². The third kappa shape index (κ3) is 6.37. The molecule has 1 unspecified atom stereocenters. The minimum atomic E-state index is 0.832. The molecule has 1 atom stereocenters. The Hall–Kier alpha value is -0.780. The van der Waals surface area contributed by atoms with E-state index in [2.05, 4.69) is 44.2 Å². The summed E-state index contributed by atoms with van der Waals surface area (Å²) in [6.07, 6.45) is 20.7. The van der Waals surface area contributed by atoms with Crippen LogP contribution in [0.4, 0.5) is 0 Å². The Morgan fingerprint density at radius 2 is 1.33 bits per heavy atom. The normalized spacial score (nSPS) is 30.1. The van der Waals surface area contributed by atoms with E-state index < -0.39 is 0 Å². The number of benzene rings is 1. The van der Waals surface area contributed by atoms with Crippen LogP contribution in [0.3, 0.4) is 0 Å². The fourth-order valence-electron chi connectivity index (χ4n) is 6.13. The van der Waals surface area contributed by atoms with E-state index in [0.29, 0.717) is 0 Å². The maximum absolute atomic E-state index is 2.60. The molecule has 0 amide bonds. The maximum atomic E-state index is 2.60. The molecule has 0 saturated heterocycles. The van der Waals surface area contributed by atoms with Crippen LogP contribution in [-0.2, 0) is 0 Å². The van der Waals surface area contributed by atoms with Crippen LogP contribution < -0.4 is 0 Å². The average Bonchev–Trinajstić information content (AvgIpc) is 2.74. The molecule has 0 bridgehead atoms. The van der Waals surface area contributed by atoms with E-state index in [1.54, 1.807) is 5.56 Å². The fourth-order valence-corrected chi connectivity index (χ4v) is 6.13. The first-order valence-corrected chi connectivity index (χ1v) is 12.3. The molecular formula is C27H44. The van der Waals surface area contributed by atoms with E-state index >= 15 is 0 Å². The molecular weight excluding hydrogens is 324 g/mol. The first kappa shape index (κ1) is 20.9. The molecule has 1 aromatic rings. The average molecular weight is 369 g/mol. The smallest absolute Gasteiger partial charge is 0.0162 e. The van der Waals surface area contributed by atoms with Crippen molar-refractivity contribution in [2.45, 2.75) is 110 Å². The van der Waals surface area contributed by atoms with Gasteiger partial charge in [0.1, 0.15) is 0 Å². The van der Waals surface area contributed by atoms with Crippen molar-refractivity contribution >= 4 is 0 Å². The molecule has 0 nitrogen and oxygen atoms in total. The minimum absolute atomic E-state index is 0.832. The standard InChI is InChI=1S/C27H44/c1-3-4-5-6-8-11-23-14-16-24(17-15-23)22(2)25-18-20-27(21-19-25)26-12-9-7-10-13-26/h7,9-10,12-13,22-25,27H,3-6,8,11,14-21H2,1-2H3. The summed E-state index contributed by atoms with van der Waals surface area (Å²) in [4.78, 5) is 0. The quantitative estimate of drug-likeness (QED) is 0.382. The molecule has 0 heteroatoms. The van der Waals surface area contributed by atoms with Gasteiger partial charge in [-0.25, -0.2) is 0 Å². The highest BCUT2D eigenvalue weighted by Crippen LogP contribution is 2.44. The molecule has 0 heterocycles. The lowest BCUT2D eigenvalue weighted by Gasteiger charge is -2.39. The minimum Gasteiger partial charge on any atom is -0.0654 e. The van der Waals surface area contributed by atoms with E-state index in [4.69, 9.17) is 0 Å². The molecule has 0 aliphatic heterocycles. The zero-order valence-corrected chi connectivity index (χ0v) is 18.2. The molecule has 27 heavy (non-hydrogen) atoms. The van der Waals surface area contributed by atoms with Crippen LogP contribution in [0.25, 0.3) is 0 Å². The van der Waals surface area contributed by atoms with Gasteiger partial charge in [0, 0.05) is 0 Å². The van der Waals surface area contributed by atoms with Gasteiger partial charge in [-0.15, -0.1) is 0 Å². The summed E-state index contributed by atoms with van der Waals surface area (Å²) in [5.41, 5.74) is 1.59. The largest absolute Gasteiger partial charge is 0.0654 e. The van der Waals surface area contributed by atoms with Crippen LogP contribution in [0.2, 0.25) is 0 Å². The Kier molecular flexibility index (Phi) is 8.75. The van der Waals surface area contributed by atoms with Gasteiger partial charge in [0.15, 0.2) is 0 Å². The number of hydrogen-bond donors (Lipinski definition) is 0. The molecule has 0 N–H and O–H groups in total. The summed E-state index contributed by atoms with van der Waals surface area (Å²) in [6, 6.07) is 11.3. The topological polar surface area (TPSA) is 0 Å². The Balaban J connectivity index is 1.34. The van der Waals surface area contributed by atoms with E-state index in [1.165, 1.54) is 89.9 Å². The van der Waals surface area contributed by atoms with Crippen molar-refractivity contribution < 1.29 is 0 Å². The lowest BCUT2D eigenvalue weighted by atomic mass is 9.66. The van der Waals surface area contributed by atoms with Gasteiger partial charge >= 0.3 is 0 Å². The fraction of sp³-hybridized carbons (Fsp3) is 0.778. The number of rotatable bonds is 9. The summed E-state index contributed by atoms with van der Waals surface area (Å²) < 4.78 is 0. The highest BCUT2D eigenvalue weighted by atomic mass is 14.4. The molecule has 0 spiro atoms. The zero-order valence-electron chi connectivity index (χ0n) is 18.2. The Bertz CT molecular complexity index is 488. The van der Waals surface area contributed by atoms with Crippen LogP contribution in [0.5, 0.6) is 0 Å². The second-order valence-electron chi connectivity index (χ2n) is 9.87. The van der Waals surface area contributed by atoms with Crippen molar-refractivity contribution in [2.75, 3.05) is 0 Å². The van der Waals surface area contributed by atoms with E-state index in [9.17, 15) is 0 Å². The summed E-state index contributed by atoms with van der Waals surface area (Å²) in [7, 11) is 0. The van der Waals surface area contributed by atoms with Crippen molar-refractivity contribution in [1.29, 1.82) is 0 Å². The van der Waals surface area contributed by atoms with E-state index in [1.807, 2.05) is 0 Å². The van der Waals surface area contributed by atoms with Gasteiger partial charge < -0.3 is 0 Å². The second-order valence-corrected chi connectivity index (χ2v) is 9.87. The SMILES string of the molecule is CCCCCCCC1CCC(C(C)C2CCC(c3ccccc3)CC2)CC1. The van der Waals surface area contributed by atoms with Crippen LogP contribution >= 0.6 is 0 Å². The van der Waals surface area contributed by atoms with Crippen molar-refractivity contribution in [2.24, 2.45) is 23.7 Å². The molecule has 2 fully saturated rings. The predicted molar refractivity (Wildman–Crippen MR) is 119 cm³/mol. The van der Waals surface area contributed by atoms with Gasteiger partial charge in [-0.05, 0) is 73.7 Å². The molecule has 2 aliphatic rings. The third-order valence-electron chi connectivity index (χ3n) is 8.14. The first-order chi connectivity index (χ1) is 13.3. The number of unbranched alkanes of at least 4 members (excludes halogenated alkanes) is 4. The predicted octanol–water partition coefficient (Wildman–Crippen LogP) is 8.76. The summed E-state index contributed by atoms with van der Waals surface area (Å²) in [6.45, 7) is 4.92. The van der Waals surface area contributed by atoms with Gasteiger partial charge in [0.2, 0.25) is 0 Å². The van der Waals surface area contributed by atoms with Gasteiger partial charge in [-0.1, -0.05) is 95.5 Å². The van der Waals surface area contributed by atoms with Gasteiger partial charge in [-0.2, -0.15) is 0 Å². The molecule has 0 radical (unpaired) electrons. The van der Waals surface area contributed by atoms with E-state index in [0.717, 1.165) is 29.6 Å². The Labute approximate surface area is 169 Å². The highest BCUT2D eigenvalue weighted by Gasteiger charge is 2.32. The van der Waals surface area contributed by atoms with E-state index in [-0.39, 0.29) is 0 Å². The molecule has 2 aliphatic carbocycles. The van der Waals surface area contributed by atoms with Crippen molar-refractivity contribution in [1.82, 2.24) is 0 Å². The Morgan fingerprint density at radius 1 is 0.741 bits per heavy atom.